The molecule has 29 heavy (non-hydrogen) atoms. The van der Waals surface area contributed by atoms with E-state index in [1.807, 2.05) is 24.3 Å². The Bertz CT molecular complexity index is 899. The Labute approximate surface area is 178 Å². The molecule has 4 saturated carbocycles. The highest BCUT2D eigenvalue weighted by Gasteiger charge is 2.61. The van der Waals surface area contributed by atoms with Crippen LogP contribution in [0.15, 0.2) is 51.8 Å². The first kappa shape index (κ1) is 19.2. The maximum absolute atomic E-state index is 12.0. The molecule has 4 fully saturated rings. The molecule has 4 bridgehead atoms. The molecule has 5 aliphatic carbocycles. The quantitative estimate of drug-likeness (QED) is 0.541. The number of carbonyl (C=O) groups is 1. The van der Waals surface area contributed by atoms with Crippen LogP contribution in [0.5, 0.6) is 0 Å². The van der Waals surface area contributed by atoms with Gasteiger partial charge in [0.25, 0.3) is 0 Å². The lowest BCUT2D eigenvalue weighted by Gasteiger charge is -2.61. The van der Waals surface area contributed by atoms with Gasteiger partial charge in [-0.05, 0) is 85.5 Å². The summed E-state index contributed by atoms with van der Waals surface area (Å²) in [7, 11) is 0. The van der Waals surface area contributed by atoms with Gasteiger partial charge in [0.05, 0.1) is 5.92 Å². The molecule has 1 aromatic carbocycles. The fraction of sp³-hybridized carbons (Fsp3) is 0.522. The minimum Gasteiger partial charge on any atom is -0.511 e. The molecule has 0 amide bonds. The molecule has 0 heterocycles. The molecule has 5 nitrogen and oxygen atoms in total. The van der Waals surface area contributed by atoms with E-state index in [0.717, 1.165) is 23.7 Å². The van der Waals surface area contributed by atoms with Crippen molar-refractivity contribution in [1.29, 1.82) is 0 Å². The fourth-order valence-electron chi connectivity index (χ4n) is 7.38. The van der Waals surface area contributed by atoms with Crippen LogP contribution in [0, 0.1) is 29.1 Å². The molecule has 2 unspecified atom stereocenters. The molecule has 154 valence electrons. The van der Waals surface area contributed by atoms with E-state index in [1.54, 1.807) is 0 Å². The van der Waals surface area contributed by atoms with Gasteiger partial charge < -0.3 is 21.1 Å². The summed E-state index contributed by atoms with van der Waals surface area (Å²) in [6.45, 7) is 0. The van der Waals surface area contributed by atoms with Gasteiger partial charge in [0, 0.05) is 10.2 Å². The van der Waals surface area contributed by atoms with Crippen molar-refractivity contribution >= 4 is 21.9 Å². The van der Waals surface area contributed by atoms with Crippen LogP contribution in [0.3, 0.4) is 0 Å². The molecule has 0 radical (unpaired) electrons. The minimum atomic E-state index is -1.54. The number of hydrogen-bond acceptors (Lipinski definition) is 4. The standard InChI is InChI=1S/C23H26BrNO4/c24-16-3-1-15(2-4-16)23(29)11-17(25)18(21(27)28)19(26)20(23)22-8-12-5-13(9-22)7-14(6-12)10-22/h1-4,11-14,20,26,29H,5-10,25H2,(H,27,28). The molecule has 0 spiro atoms. The lowest BCUT2D eigenvalue weighted by atomic mass is 9.43. The Kier molecular flexibility index (Phi) is 4.20. The number of nitrogens with two attached hydrogens (primary N) is 1. The molecular weight excluding hydrogens is 434 g/mol. The number of carboxylic acids is 1. The summed E-state index contributed by atoms with van der Waals surface area (Å²) in [5.74, 6) is -0.420. The summed E-state index contributed by atoms with van der Waals surface area (Å²) in [5.41, 5.74) is 4.50. The molecule has 0 saturated heterocycles. The van der Waals surface area contributed by atoms with Crippen molar-refractivity contribution in [2.24, 2.45) is 34.8 Å². The van der Waals surface area contributed by atoms with Gasteiger partial charge in [0.15, 0.2) is 0 Å². The van der Waals surface area contributed by atoms with Crippen molar-refractivity contribution in [3.8, 4) is 0 Å². The highest BCUT2D eigenvalue weighted by molar-refractivity contribution is 9.10. The first-order chi connectivity index (χ1) is 13.7. The largest absolute Gasteiger partial charge is 0.511 e. The lowest BCUT2D eigenvalue weighted by molar-refractivity contribution is -0.142. The number of aliphatic carboxylic acids is 1. The first-order valence-electron chi connectivity index (χ1n) is 10.4. The van der Waals surface area contributed by atoms with Gasteiger partial charge in [-0.25, -0.2) is 4.79 Å². The van der Waals surface area contributed by atoms with Gasteiger partial charge in [-0.1, -0.05) is 28.1 Å². The van der Waals surface area contributed by atoms with E-state index >= 15 is 0 Å². The number of aliphatic hydroxyl groups is 2. The normalized spacial score (nSPS) is 40.8. The van der Waals surface area contributed by atoms with Crippen LogP contribution in [-0.2, 0) is 10.4 Å². The average molecular weight is 460 g/mol. The Morgan fingerprint density at radius 1 is 1.03 bits per heavy atom. The molecule has 6 rings (SSSR count). The van der Waals surface area contributed by atoms with Crippen molar-refractivity contribution in [1.82, 2.24) is 0 Å². The summed E-state index contributed by atoms with van der Waals surface area (Å²) in [6.07, 6.45) is 7.89. The Hall–Kier alpha value is -1.79. The number of aliphatic hydroxyl groups excluding tert-OH is 1. The second-order valence-electron chi connectivity index (χ2n) is 9.71. The predicted octanol–water partition coefficient (Wildman–Crippen LogP) is 4.22. The SMILES string of the molecule is NC1=CC(O)(c2ccc(Br)cc2)C(C23CC4CC(CC(C4)C2)C3)C(O)=C1C(=O)O. The summed E-state index contributed by atoms with van der Waals surface area (Å²) in [5, 5.41) is 33.1. The molecule has 5 aliphatic rings. The summed E-state index contributed by atoms with van der Waals surface area (Å²) >= 11 is 3.43. The molecule has 6 heteroatoms. The maximum atomic E-state index is 12.0. The minimum absolute atomic E-state index is 0.0820. The molecule has 0 aromatic heterocycles. The highest BCUT2D eigenvalue weighted by atomic mass is 79.9. The molecule has 1 aromatic rings. The zero-order chi connectivity index (χ0) is 20.6. The van der Waals surface area contributed by atoms with Crippen LogP contribution in [0.2, 0.25) is 0 Å². The van der Waals surface area contributed by atoms with Gasteiger partial charge in [0.2, 0.25) is 0 Å². The van der Waals surface area contributed by atoms with Gasteiger partial charge in [-0.15, -0.1) is 0 Å². The number of benzene rings is 1. The Morgan fingerprint density at radius 3 is 2.03 bits per heavy atom. The van der Waals surface area contributed by atoms with E-state index in [1.165, 1.54) is 25.3 Å². The van der Waals surface area contributed by atoms with Crippen molar-refractivity contribution in [3.05, 3.63) is 57.4 Å². The van der Waals surface area contributed by atoms with Gasteiger partial charge in [-0.2, -0.15) is 0 Å². The third-order valence-corrected chi connectivity index (χ3v) is 8.38. The van der Waals surface area contributed by atoms with E-state index in [0.29, 0.717) is 23.3 Å². The van der Waals surface area contributed by atoms with Crippen molar-refractivity contribution < 1.29 is 20.1 Å². The maximum Gasteiger partial charge on any atom is 0.341 e. The smallest absolute Gasteiger partial charge is 0.341 e. The Balaban J connectivity index is 1.70. The van der Waals surface area contributed by atoms with Crippen LogP contribution in [0.1, 0.15) is 44.1 Å². The average Bonchev–Trinajstić information content (AvgIpc) is 2.59. The monoisotopic (exact) mass is 459 g/mol. The molecular formula is C23H26BrNO4. The summed E-state index contributed by atoms with van der Waals surface area (Å²) in [6, 6.07) is 7.34. The second-order valence-corrected chi connectivity index (χ2v) is 10.6. The van der Waals surface area contributed by atoms with Crippen LogP contribution in [0.4, 0.5) is 0 Å². The third kappa shape index (κ3) is 2.79. The molecule has 2 atom stereocenters. The van der Waals surface area contributed by atoms with Crippen molar-refractivity contribution in [2.45, 2.75) is 44.1 Å². The second kappa shape index (κ2) is 6.35. The zero-order valence-electron chi connectivity index (χ0n) is 16.1. The number of rotatable bonds is 3. The summed E-state index contributed by atoms with van der Waals surface area (Å²) in [4.78, 5) is 11.9. The van der Waals surface area contributed by atoms with Crippen molar-refractivity contribution in [3.63, 3.8) is 0 Å². The van der Waals surface area contributed by atoms with Gasteiger partial charge in [0.1, 0.15) is 16.9 Å². The van der Waals surface area contributed by atoms with E-state index in [2.05, 4.69) is 15.9 Å². The van der Waals surface area contributed by atoms with E-state index < -0.39 is 17.5 Å². The number of halogens is 1. The topological polar surface area (TPSA) is 104 Å². The molecule has 5 N–H and O–H groups in total. The van der Waals surface area contributed by atoms with E-state index in [4.69, 9.17) is 5.73 Å². The van der Waals surface area contributed by atoms with Gasteiger partial charge >= 0.3 is 5.97 Å². The number of hydrogen-bond donors (Lipinski definition) is 4. The fourth-order valence-corrected chi connectivity index (χ4v) is 7.65. The van der Waals surface area contributed by atoms with E-state index in [-0.39, 0.29) is 22.4 Å². The highest BCUT2D eigenvalue weighted by Crippen LogP contribution is 2.67. The number of carboxylic acid groups (broad SMARTS) is 1. The predicted molar refractivity (Wildman–Crippen MR) is 112 cm³/mol. The third-order valence-electron chi connectivity index (χ3n) is 7.85. The van der Waals surface area contributed by atoms with E-state index in [9.17, 15) is 20.1 Å². The van der Waals surface area contributed by atoms with Crippen LogP contribution in [-0.4, -0.2) is 21.3 Å². The lowest BCUT2D eigenvalue weighted by Crippen LogP contribution is -2.56. The zero-order valence-corrected chi connectivity index (χ0v) is 17.7. The first-order valence-corrected chi connectivity index (χ1v) is 11.1. The van der Waals surface area contributed by atoms with Crippen molar-refractivity contribution in [2.75, 3.05) is 0 Å². The van der Waals surface area contributed by atoms with Gasteiger partial charge in [-0.3, -0.25) is 0 Å². The van der Waals surface area contributed by atoms with Crippen LogP contribution < -0.4 is 5.73 Å². The Morgan fingerprint density at radius 2 is 1.55 bits per heavy atom. The summed E-state index contributed by atoms with van der Waals surface area (Å²) < 4.78 is 0.884. The molecule has 0 aliphatic heterocycles. The van der Waals surface area contributed by atoms with Crippen LogP contribution in [0.25, 0.3) is 0 Å². The van der Waals surface area contributed by atoms with Crippen LogP contribution >= 0.6 is 15.9 Å².